The van der Waals surface area contributed by atoms with Gasteiger partial charge in [0.15, 0.2) is 0 Å². The van der Waals surface area contributed by atoms with Gasteiger partial charge in [0.25, 0.3) is 5.56 Å². The molecular formula is C27H19F3N4O. The molecule has 0 unspecified atom stereocenters. The van der Waals surface area contributed by atoms with Crippen molar-refractivity contribution in [1.82, 2.24) is 14.5 Å². The van der Waals surface area contributed by atoms with Crippen LogP contribution in [0.1, 0.15) is 5.56 Å². The first-order valence-corrected chi connectivity index (χ1v) is 10.8. The van der Waals surface area contributed by atoms with E-state index in [0.29, 0.717) is 34.0 Å². The standard InChI is InChI=1S/C27H19F3N4O/c1-2-12-31-23-7-4-13-32-25(23)17-8-10-22-21(14-17)26-18(16-33-22)9-11-24(35)34(26)20-6-3-5-19(15-20)27(28,29)30/h2-11,13-16,31H,1,12H2. The summed E-state index contributed by atoms with van der Waals surface area (Å²) >= 11 is 0. The molecule has 3 aromatic heterocycles. The first kappa shape index (κ1) is 22.3. The number of nitrogens with one attached hydrogen (secondary N) is 1. The molecule has 0 aliphatic heterocycles. The fraction of sp³-hybridized carbons (Fsp3) is 0.0741. The van der Waals surface area contributed by atoms with Crippen LogP contribution in [0.2, 0.25) is 0 Å². The van der Waals surface area contributed by atoms with Gasteiger partial charge in [0.1, 0.15) is 0 Å². The molecule has 2 aromatic carbocycles. The Morgan fingerprint density at radius 2 is 1.86 bits per heavy atom. The van der Waals surface area contributed by atoms with E-state index in [1.807, 2.05) is 30.3 Å². The number of benzene rings is 2. The first-order chi connectivity index (χ1) is 16.9. The predicted molar refractivity (Wildman–Crippen MR) is 132 cm³/mol. The average Bonchev–Trinajstić information content (AvgIpc) is 2.86. The summed E-state index contributed by atoms with van der Waals surface area (Å²) in [6.07, 6.45) is 0.494. The number of aromatic nitrogens is 3. The molecule has 0 saturated carbocycles. The summed E-state index contributed by atoms with van der Waals surface area (Å²) in [6, 6.07) is 17.0. The Bertz CT molecular complexity index is 1640. The van der Waals surface area contributed by atoms with Crippen LogP contribution in [-0.4, -0.2) is 21.1 Å². The molecule has 0 fully saturated rings. The van der Waals surface area contributed by atoms with Crippen LogP contribution in [0.25, 0.3) is 38.8 Å². The third-order valence-electron chi connectivity index (χ3n) is 5.67. The number of alkyl halides is 3. The molecule has 0 radical (unpaired) electrons. The van der Waals surface area contributed by atoms with Gasteiger partial charge >= 0.3 is 6.18 Å². The van der Waals surface area contributed by atoms with Gasteiger partial charge in [0.2, 0.25) is 0 Å². The highest BCUT2D eigenvalue weighted by Crippen LogP contribution is 2.33. The van der Waals surface area contributed by atoms with Gasteiger partial charge < -0.3 is 5.32 Å². The fourth-order valence-corrected chi connectivity index (χ4v) is 4.10. The van der Waals surface area contributed by atoms with E-state index < -0.39 is 17.3 Å². The molecule has 0 spiro atoms. The molecule has 3 heterocycles. The van der Waals surface area contributed by atoms with Crippen molar-refractivity contribution in [1.29, 1.82) is 0 Å². The van der Waals surface area contributed by atoms with Crippen molar-refractivity contribution < 1.29 is 13.2 Å². The van der Waals surface area contributed by atoms with E-state index in [9.17, 15) is 18.0 Å². The molecule has 0 amide bonds. The van der Waals surface area contributed by atoms with E-state index in [1.54, 1.807) is 24.5 Å². The second-order valence-electron chi connectivity index (χ2n) is 7.92. The number of nitrogens with zero attached hydrogens (tertiary/aromatic N) is 3. The summed E-state index contributed by atoms with van der Waals surface area (Å²) in [5, 5.41) is 4.50. The van der Waals surface area contributed by atoms with Crippen LogP contribution < -0.4 is 10.9 Å². The maximum absolute atomic E-state index is 13.4. The van der Waals surface area contributed by atoms with E-state index >= 15 is 0 Å². The topological polar surface area (TPSA) is 59.8 Å². The molecule has 0 atom stereocenters. The molecule has 174 valence electrons. The number of halogens is 3. The third-order valence-corrected chi connectivity index (χ3v) is 5.67. The molecule has 5 rings (SSSR count). The zero-order valence-electron chi connectivity index (χ0n) is 18.4. The number of fused-ring (bicyclic) bond motifs is 3. The van der Waals surface area contributed by atoms with Crippen LogP contribution in [-0.2, 0) is 6.18 Å². The molecule has 5 aromatic rings. The lowest BCUT2D eigenvalue weighted by atomic mass is 10.0. The number of rotatable bonds is 5. The van der Waals surface area contributed by atoms with Gasteiger partial charge in [0, 0.05) is 47.0 Å². The predicted octanol–water partition coefficient (Wildman–Crippen LogP) is 6.22. The zero-order valence-corrected chi connectivity index (χ0v) is 18.4. The minimum absolute atomic E-state index is 0.125. The Morgan fingerprint density at radius 3 is 2.66 bits per heavy atom. The number of anilines is 1. The Labute approximate surface area is 198 Å². The summed E-state index contributed by atoms with van der Waals surface area (Å²) in [4.78, 5) is 22.0. The van der Waals surface area contributed by atoms with Crippen molar-refractivity contribution in [3.05, 3.63) is 108 Å². The van der Waals surface area contributed by atoms with Gasteiger partial charge in [-0.25, -0.2) is 0 Å². The monoisotopic (exact) mass is 472 g/mol. The van der Waals surface area contributed by atoms with Crippen molar-refractivity contribution in [3.8, 4) is 16.9 Å². The van der Waals surface area contributed by atoms with E-state index in [0.717, 1.165) is 23.4 Å². The average molecular weight is 472 g/mol. The Kier molecular flexibility index (Phi) is 5.56. The maximum atomic E-state index is 13.4. The zero-order chi connectivity index (χ0) is 24.6. The second-order valence-corrected chi connectivity index (χ2v) is 7.92. The van der Waals surface area contributed by atoms with Gasteiger partial charge in [-0.3, -0.25) is 19.3 Å². The number of hydrogen-bond donors (Lipinski definition) is 1. The van der Waals surface area contributed by atoms with Gasteiger partial charge in [-0.1, -0.05) is 18.2 Å². The number of hydrogen-bond acceptors (Lipinski definition) is 4. The van der Waals surface area contributed by atoms with E-state index in [-0.39, 0.29) is 5.69 Å². The largest absolute Gasteiger partial charge is 0.416 e. The number of pyridine rings is 3. The minimum atomic E-state index is -4.53. The van der Waals surface area contributed by atoms with E-state index in [1.165, 1.54) is 22.8 Å². The maximum Gasteiger partial charge on any atom is 0.416 e. The van der Waals surface area contributed by atoms with Crippen molar-refractivity contribution in [2.75, 3.05) is 11.9 Å². The van der Waals surface area contributed by atoms with Crippen LogP contribution in [0.4, 0.5) is 18.9 Å². The molecule has 0 saturated heterocycles. The summed E-state index contributed by atoms with van der Waals surface area (Å²) in [5.41, 5.74) is 2.19. The lowest BCUT2D eigenvalue weighted by molar-refractivity contribution is -0.137. The summed E-state index contributed by atoms with van der Waals surface area (Å²) in [7, 11) is 0. The SMILES string of the molecule is C=CCNc1cccnc1-c1ccc2ncc3ccc(=O)n(-c4cccc(C(F)(F)F)c4)c3c2c1. The van der Waals surface area contributed by atoms with Crippen LogP contribution in [0.3, 0.4) is 0 Å². The highest BCUT2D eigenvalue weighted by atomic mass is 19.4. The lowest BCUT2D eigenvalue weighted by Crippen LogP contribution is -2.18. The quantitative estimate of drug-likeness (QED) is 0.244. The van der Waals surface area contributed by atoms with E-state index in [4.69, 9.17) is 0 Å². The Balaban J connectivity index is 1.80. The molecular weight excluding hydrogens is 453 g/mol. The fourth-order valence-electron chi connectivity index (χ4n) is 4.10. The van der Waals surface area contributed by atoms with Gasteiger partial charge in [-0.15, -0.1) is 6.58 Å². The van der Waals surface area contributed by atoms with Crippen molar-refractivity contribution in [2.45, 2.75) is 6.18 Å². The van der Waals surface area contributed by atoms with E-state index in [2.05, 4.69) is 21.9 Å². The molecule has 0 aliphatic rings. The second kappa shape index (κ2) is 8.72. The highest BCUT2D eigenvalue weighted by Gasteiger charge is 2.30. The van der Waals surface area contributed by atoms with Crippen molar-refractivity contribution in [3.63, 3.8) is 0 Å². The Morgan fingerprint density at radius 1 is 1.00 bits per heavy atom. The normalized spacial score (nSPS) is 11.6. The lowest BCUT2D eigenvalue weighted by Gasteiger charge is -2.15. The summed E-state index contributed by atoms with van der Waals surface area (Å²) < 4.78 is 41.5. The first-order valence-electron chi connectivity index (χ1n) is 10.8. The molecule has 35 heavy (non-hydrogen) atoms. The highest BCUT2D eigenvalue weighted by molar-refractivity contribution is 6.05. The third kappa shape index (κ3) is 4.14. The molecule has 5 nitrogen and oxygen atoms in total. The molecule has 8 heteroatoms. The van der Waals surface area contributed by atoms with Crippen LogP contribution >= 0.6 is 0 Å². The van der Waals surface area contributed by atoms with Gasteiger partial charge in [-0.2, -0.15) is 13.2 Å². The molecule has 1 N–H and O–H groups in total. The molecule has 0 aliphatic carbocycles. The van der Waals surface area contributed by atoms with Crippen molar-refractivity contribution >= 4 is 27.5 Å². The minimum Gasteiger partial charge on any atom is -0.380 e. The van der Waals surface area contributed by atoms with Crippen LogP contribution in [0, 0.1) is 0 Å². The summed E-state index contributed by atoms with van der Waals surface area (Å²) in [5.74, 6) is 0. The Hall–Kier alpha value is -4.46. The smallest absolute Gasteiger partial charge is 0.380 e. The van der Waals surface area contributed by atoms with Crippen molar-refractivity contribution in [2.24, 2.45) is 0 Å². The van der Waals surface area contributed by atoms with Crippen LogP contribution in [0.5, 0.6) is 0 Å². The van der Waals surface area contributed by atoms with Gasteiger partial charge in [0.05, 0.1) is 28.0 Å². The van der Waals surface area contributed by atoms with Crippen LogP contribution in [0.15, 0.2) is 96.6 Å². The van der Waals surface area contributed by atoms with Gasteiger partial charge in [-0.05, 0) is 48.5 Å². The summed E-state index contributed by atoms with van der Waals surface area (Å²) in [6.45, 7) is 4.27. The molecule has 0 bridgehead atoms.